The van der Waals surface area contributed by atoms with Crippen molar-refractivity contribution in [2.75, 3.05) is 0 Å². The number of hydrogen-bond acceptors (Lipinski definition) is 2. The first-order chi connectivity index (χ1) is 6.97. The molecule has 1 saturated heterocycles. The van der Waals surface area contributed by atoms with Gasteiger partial charge in [-0.1, -0.05) is 13.8 Å². The molecule has 3 unspecified atom stereocenters. The third-order valence-electron chi connectivity index (χ3n) is 3.04. The summed E-state index contributed by atoms with van der Waals surface area (Å²) in [6.07, 6.45) is 4.41. The SMILES string of the molecule is CC(C)CC(C)NC1CC(C)OC(C)C1. The summed E-state index contributed by atoms with van der Waals surface area (Å²) in [6.45, 7) is 11.2. The first-order valence-corrected chi connectivity index (χ1v) is 6.38. The lowest BCUT2D eigenvalue weighted by Gasteiger charge is -2.34. The van der Waals surface area contributed by atoms with E-state index in [1.807, 2.05) is 0 Å². The van der Waals surface area contributed by atoms with Gasteiger partial charge in [0.2, 0.25) is 0 Å². The normalized spacial score (nSPS) is 34.4. The molecule has 0 amide bonds. The molecule has 0 bridgehead atoms. The van der Waals surface area contributed by atoms with Gasteiger partial charge < -0.3 is 10.1 Å². The summed E-state index contributed by atoms with van der Waals surface area (Å²) < 4.78 is 5.74. The first-order valence-electron chi connectivity index (χ1n) is 6.38. The van der Waals surface area contributed by atoms with Crippen molar-refractivity contribution < 1.29 is 4.74 Å². The molecule has 2 heteroatoms. The molecule has 0 spiro atoms. The van der Waals surface area contributed by atoms with Crippen LogP contribution in [0.5, 0.6) is 0 Å². The monoisotopic (exact) mass is 213 g/mol. The van der Waals surface area contributed by atoms with Gasteiger partial charge in [0.25, 0.3) is 0 Å². The van der Waals surface area contributed by atoms with Crippen LogP contribution in [-0.4, -0.2) is 24.3 Å². The number of hydrogen-bond donors (Lipinski definition) is 1. The van der Waals surface area contributed by atoms with E-state index >= 15 is 0 Å². The fraction of sp³-hybridized carbons (Fsp3) is 1.00. The van der Waals surface area contributed by atoms with Gasteiger partial charge >= 0.3 is 0 Å². The molecular weight excluding hydrogens is 186 g/mol. The standard InChI is InChI=1S/C13H27NO/c1-9(2)6-10(3)14-13-7-11(4)15-12(5)8-13/h9-14H,6-8H2,1-5H3. The Kier molecular flexibility index (Phi) is 5.07. The molecule has 1 aliphatic rings. The molecule has 1 aliphatic heterocycles. The Morgan fingerprint density at radius 2 is 1.67 bits per heavy atom. The fourth-order valence-electron chi connectivity index (χ4n) is 2.72. The molecule has 90 valence electrons. The van der Waals surface area contributed by atoms with Crippen LogP contribution >= 0.6 is 0 Å². The zero-order valence-corrected chi connectivity index (χ0v) is 10.9. The second-order valence-corrected chi connectivity index (χ2v) is 5.62. The van der Waals surface area contributed by atoms with E-state index in [9.17, 15) is 0 Å². The van der Waals surface area contributed by atoms with E-state index < -0.39 is 0 Å². The Bertz CT molecular complexity index is 171. The highest BCUT2D eigenvalue weighted by atomic mass is 16.5. The summed E-state index contributed by atoms with van der Waals surface area (Å²) >= 11 is 0. The molecule has 1 heterocycles. The van der Waals surface area contributed by atoms with E-state index in [1.54, 1.807) is 0 Å². The molecule has 0 aliphatic carbocycles. The Hall–Kier alpha value is -0.0800. The van der Waals surface area contributed by atoms with Crippen molar-refractivity contribution in [3.63, 3.8) is 0 Å². The largest absolute Gasteiger partial charge is 0.375 e. The zero-order valence-electron chi connectivity index (χ0n) is 10.9. The van der Waals surface area contributed by atoms with Crippen molar-refractivity contribution in [3.8, 4) is 0 Å². The van der Waals surface area contributed by atoms with Gasteiger partial charge in [-0.05, 0) is 46.0 Å². The molecule has 1 N–H and O–H groups in total. The topological polar surface area (TPSA) is 21.3 Å². The van der Waals surface area contributed by atoms with Crippen LogP contribution in [0.3, 0.4) is 0 Å². The lowest BCUT2D eigenvalue weighted by molar-refractivity contribution is -0.0435. The molecule has 1 fully saturated rings. The summed E-state index contributed by atoms with van der Waals surface area (Å²) in [6, 6.07) is 1.28. The van der Waals surface area contributed by atoms with Crippen LogP contribution in [0.1, 0.15) is 53.9 Å². The summed E-state index contributed by atoms with van der Waals surface area (Å²) in [5.41, 5.74) is 0. The van der Waals surface area contributed by atoms with E-state index in [0.29, 0.717) is 24.3 Å². The third-order valence-corrected chi connectivity index (χ3v) is 3.04. The minimum absolute atomic E-state index is 0.414. The zero-order chi connectivity index (χ0) is 11.4. The number of nitrogens with one attached hydrogen (secondary N) is 1. The molecule has 0 aromatic heterocycles. The van der Waals surface area contributed by atoms with Gasteiger partial charge in [0.1, 0.15) is 0 Å². The molecule has 15 heavy (non-hydrogen) atoms. The lowest BCUT2D eigenvalue weighted by atomic mass is 9.97. The fourth-order valence-corrected chi connectivity index (χ4v) is 2.72. The van der Waals surface area contributed by atoms with Crippen LogP contribution < -0.4 is 5.32 Å². The van der Waals surface area contributed by atoms with Crippen LogP contribution in [0, 0.1) is 5.92 Å². The molecule has 1 rings (SSSR count). The van der Waals surface area contributed by atoms with Crippen molar-refractivity contribution in [3.05, 3.63) is 0 Å². The summed E-state index contributed by atoms with van der Waals surface area (Å²) in [4.78, 5) is 0. The number of ether oxygens (including phenoxy) is 1. The van der Waals surface area contributed by atoms with Crippen LogP contribution in [-0.2, 0) is 4.74 Å². The quantitative estimate of drug-likeness (QED) is 0.775. The van der Waals surface area contributed by atoms with Gasteiger partial charge in [-0.2, -0.15) is 0 Å². The van der Waals surface area contributed by atoms with Crippen LogP contribution in [0.2, 0.25) is 0 Å². The van der Waals surface area contributed by atoms with Gasteiger partial charge in [0.05, 0.1) is 12.2 Å². The molecule has 0 saturated carbocycles. The summed E-state index contributed by atoms with van der Waals surface area (Å²) in [5, 5.41) is 3.73. The van der Waals surface area contributed by atoms with E-state index in [-0.39, 0.29) is 0 Å². The minimum Gasteiger partial charge on any atom is -0.375 e. The van der Waals surface area contributed by atoms with Crippen molar-refractivity contribution >= 4 is 0 Å². The van der Waals surface area contributed by atoms with Crippen molar-refractivity contribution in [1.29, 1.82) is 0 Å². The highest BCUT2D eigenvalue weighted by molar-refractivity contribution is 4.80. The average Bonchev–Trinajstić information content (AvgIpc) is 1.98. The van der Waals surface area contributed by atoms with Crippen molar-refractivity contribution in [1.82, 2.24) is 5.32 Å². The van der Waals surface area contributed by atoms with Crippen LogP contribution in [0.15, 0.2) is 0 Å². The van der Waals surface area contributed by atoms with Crippen molar-refractivity contribution in [2.45, 2.75) is 78.2 Å². The average molecular weight is 213 g/mol. The molecule has 0 aromatic rings. The van der Waals surface area contributed by atoms with Crippen LogP contribution in [0.4, 0.5) is 0 Å². The predicted molar refractivity (Wildman–Crippen MR) is 65.1 cm³/mol. The molecule has 0 aromatic carbocycles. The highest BCUT2D eigenvalue weighted by Gasteiger charge is 2.25. The Balaban J connectivity index is 2.30. The van der Waals surface area contributed by atoms with Gasteiger partial charge in [-0.15, -0.1) is 0 Å². The van der Waals surface area contributed by atoms with Gasteiger partial charge in [0.15, 0.2) is 0 Å². The maximum atomic E-state index is 5.74. The molecule has 3 atom stereocenters. The van der Waals surface area contributed by atoms with Crippen molar-refractivity contribution in [2.24, 2.45) is 5.92 Å². The lowest BCUT2D eigenvalue weighted by Crippen LogP contribution is -2.45. The molecule has 2 nitrogen and oxygen atoms in total. The molecule has 0 radical (unpaired) electrons. The summed E-state index contributed by atoms with van der Waals surface area (Å²) in [5.74, 6) is 0.780. The van der Waals surface area contributed by atoms with Crippen LogP contribution in [0.25, 0.3) is 0 Å². The predicted octanol–water partition coefficient (Wildman–Crippen LogP) is 2.97. The van der Waals surface area contributed by atoms with E-state index in [0.717, 1.165) is 18.8 Å². The van der Waals surface area contributed by atoms with Gasteiger partial charge in [-0.3, -0.25) is 0 Å². The second kappa shape index (κ2) is 5.86. The molecular formula is C13H27NO. The van der Waals surface area contributed by atoms with Gasteiger partial charge in [-0.25, -0.2) is 0 Å². The maximum absolute atomic E-state index is 5.74. The highest BCUT2D eigenvalue weighted by Crippen LogP contribution is 2.20. The Morgan fingerprint density at radius 3 is 2.13 bits per heavy atom. The maximum Gasteiger partial charge on any atom is 0.0565 e. The third kappa shape index (κ3) is 4.98. The Labute approximate surface area is 94.8 Å². The minimum atomic E-state index is 0.414. The second-order valence-electron chi connectivity index (χ2n) is 5.62. The summed E-state index contributed by atoms with van der Waals surface area (Å²) in [7, 11) is 0. The Morgan fingerprint density at radius 1 is 1.13 bits per heavy atom. The van der Waals surface area contributed by atoms with E-state index in [4.69, 9.17) is 4.74 Å². The number of rotatable bonds is 4. The van der Waals surface area contributed by atoms with E-state index in [1.165, 1.54) is 6.42 Å². The first kappa shape index (κ1) is 13.0. The van der Waals surface area contributed by atoms with Gasteiger partial charge in [0, 0.05) is 12.1 Å². The van der Waals surface area contributed by atoms with E-state index in [2.05, 4.69) is 39.9 Å². The smallest absolute Gasteiger partial charge is 0.0565 e.